The molecule has 0 amide bonds. The van der Waals surface area contributed by atoms with Crippen molar-refractivity contribution in [1.29, 1.82) is 0 Å². The van der Waals surface area contributed by atoms with E-state index in [1.165, 1.54) is 100 Å². The number of fused-ring (bicyclic) bond motifs is 3. The maximum atomic E-state index is 3.75. The molecule has 3 heteroatoms. The molecule has 7 rings (SSSR count). The molecule has 0 bridgehead atoms. The summed E-state index contributed by atoms with van der Waals surface area (Å²) in [7, 11) is 0. The average molecular weight is 670 g/mol. The minimum atomic E-state index is 1.14. The van der Waals surface area contributed by atoms with Gasteiger partial charge in [-0.1, -0.05) is 24.3 Å². The van der Waals surface area contributed by atoms with Crippen LogP contribution >= 0.6 is 0 Å². The summed E-state index contributed by atoms with van der Waals surface area (Å²) < 4.78 is 0. The second-order valence-electron chi connectivity index (χ2n) is 15.2. The summed E-state index contributed by atoms with van der Waals surface area (Å²) in [6.07, 6.45) is 0. The van der Waals surface area contributed by atoms with E-state index in [1.807, 2.05) is 0 Å². The minimum Gasteiger partial charge on any atom is -0.355 e. The zero-order valence-corrected chi connectivity index (χ0v) is 32.5. The van der Waals surface area contributed by atoms with Gasteiger partial charge in [0.15, 0.2) is 0 Å². The molecule has 0 aliphatic heterocycles. The molecule has 0 fully saturated rings. The Morgan fingerprint density at radius 1 is 0.333 bits per heavy atom. The van der Waals surface area contributed by atoms with E-state index >= 15 is 0 Å². The van der Waals surface area contributed by atoms with Gasteiger partial charge in [-0.3, -0.25) is 0 Å². The number of nitrogens with one attached hydrogen (secondary N) is 1. The maximum absolute atomic E-state index is 3.75. The van der Waals surface area contributed by atoms with Gasteiger partial charge in [0, 0.05) is 55.9 Å². The van der Waals surface area contributed by atoms with Crippen LogP contribution in [0.25, 0.3) is 21.8 Å². The summed E-state index contributed by atoms with van der Waals surface area (Å²) in [6.45, 7) is 26.7. The van der Waals surface area contributed by atoms with Crippen LogP contribution in [0, 0.1) is 83.1 Å². The first-order chi connectivity index (χ1) is 24.2. The lowest BCUT2D eigenvalue weighted by Crippen LogP contribution is -2.14. The van der Waals surface area contributed by atoms with Gasteiger partial charge in [-0.2, -0.15) is 0 Å². The molecular weight excluding hydrogens is 619 g/mol. The summed E-state index contributed by atoms with van der Waals surface area (Å²) in [5, 5.41) is 2.43. The third kappa shape index (κ3) is 5.99. The van der Waals surface area contributed by atoms with Crippen molar-refractivity contribution in [2.75, 3.05) is 9.80 Å². The zero-order valence-electron chi connectivity index (χ0n) is 32.5. The molecule has 6 aromatic carbocycles. The SMILES string of the molecule is Cc1cc(C)c(C)c(N(c2ccc3[nH]c4ccc(N(c5cc(C)cc(C)c5C)c5cc(C)cc(C)c5C)cc4c3c2)c2cc(C)cc(C)c2C)c1. The number of aryl methyl sites for hydroxylation is 8. The van der Waals surface area contributed by atoms with Crippen LogP contribution in [0.4, 0.5) is 34.1 Å². The highest BCUT2D eigenvalue weighted by Crippen LogP contribution is 2.45. The van der Waals surface area contributed by atoms with Crippen LogP contribution in [-0.4, -0.2) is 4.98 Å². The van der Waals surface area contributed by atoms with E-state index in [-0.39, 0.29) is 0 Å². The topological polar surface area (TPSA) is 22.3 Å². The molecule has 7 aromatic rings. The number of aromatic amines is 1. The molecule has 1 N–H and O–H groups in total. The number of rotatable bonds is 6. The molecule has 0 spiro atoms. The van der Waals surface area contributed by atoms with Crippen molar-refractivity contribution in [3.8, 4) is 0 Å². The van der Waals surface area contributed by atoms with Gasteiger partial charge in [0.1, 0.15) is 0 Å². The summed E-state index contributed by atoms with van der Waals surface area (Å²) in [6, 6.07) is 32.4. The Morgan fingerprint density at radius 3 is 0.882 bits per heavy atom. The highest BCUT2D eigenvalue weighted by molar-refractivity contribution is 6.10. The lowest BCUT2D eigenvalue weighted by Gasteiger charge is -2.31. The number of nitrogens with zero attached hydrogens (tertiary/aromatic N) is 2. The average Bonchev–Trinajstić information content (AvgIpc) is 3.43. The first kappa shape index (κ1) is 34.2. The quantitative estimate of drug-likeness (QED) is 0.190. The van der Waals surface area contributed by atoms with Crippen molar-refractivity contribution in [3.63, 3.8) is 0 Å². The van der Waals surface area contributed by atoms with Crippen molar-refractivity contribution < 1.29 is 0 Å². The van der Waals surface area contributed by atoms with Crippen molar-refractivity contribution >= 4 is 55.9 Å². The van der Waals surface area contributed by atoms with Crippen LogP contribution in [-0.2, 0) is 0 Å². The lowest BCUT2D eigenvalue weighted by molar-refractivity contribution is 1.17. The second kappa shape index (κ2) is 12.8. The second-order valence-corrected chi connectivity index (χ2v) is 15.2. The molecule has 51 heavy (non-hydrogen) atoms. The van der Waals surface area contributed by atoms with Gasteiger partial charge < -0.3 is 14.8 Å². The van der Waals surface area contributed by atoms with Crippen molar-refractivity contribution in [2.24, 2.45) is 0 Å². The highest BCUT2D eigenvalue weighted by Gasteiger charge is 2.23. The minimum absolute atomic E-state index is 1.14. The molecule has 258 valence electrons. The van der Waals surface area contributed by atoms with Crippen LogP contribution in [0.3, 0.4) is 0 Å². The number of H-pyrrole nitrogens is 1. The Hall–Kier alpha value is -5.28. The van der Waals surface area contributed by atoms with E-state index in [1.54, 1.807) is 0 Å². The van der Waals surface area contributed by atoms with E-state index in [0.29, 0.717) is 0 Å². The standard InChI is InChI=1S/C48H51N3/c1-27-17-31(5)35(9)45(21-27)50(46-22-28(2)18-32(6)36(46)10)39-13-15-43-41(25-39)42-26-40(14-16-44(42)49-43)51(47-23-29(3)19-33(7)37(47)11)48-24-30(4)20-34(8)38(48)12/h13-26,49H,1-12H3. The third-order valence-corrected chi connectivity index (χ3v) is 11.2. The number of hydrogen-bond donors (Lipinski definition) is 1. The summed E-state index contributed by atoms with van der Waals surface area (Å²) in [5.41, 5.74) is 24.9. The number of anilines is 6. The molecule has 0 aliphatic rings. The van der Waals surface area contributed by atoms with Gasteiger partial charge in [0.05, 0.1) is 0 Å². The molecule has 0 saturated heterocycles. The van der Waals surface area contributed by atoms with Crippen LogP contribution in [0.15, 0.2) is 84.9 Å². The largest absolute Gasteiger partial charge is 0.355 e. The predicted molar refractivity (Wildman–Crippen MR) is 222 cm³/mol. The summed E-state index contributed by atoms with van der Waals surface area (Å²) in [4.78, 5) is 8.72. The molecule has 0 atom stereocenters. The smallest absolute Gasteiger partial charge is 0.0496 e. The van der Waals surface area contributed by atoms with E-state index in [9.17, 15) is 0 Å². The maximum Gasteiger partial charge on any atom is 0.0496 e. The van der Waals surface area contributed by atoms with E-state index in [0.717, 1.165) is 22.4 Å². The molecule has 1 heterocycles. The van der Waals surface area contributed by atoms with Crippen LogP contribution < -0.4 is 9.80 Å². The summed E-state index contributed by atoms with van der Waals surface area (Å²) >= 11 is 0. The lowest BCUT2D eigenvalue weighted by atomic mass is 9.98. The Labute approximate surface area is 304 Å². The fraction of sp³-hybridized carbons (Fsp3) is 0.250. The number of aromatic nitrogens is 1. The van der Waals surface area contributed by atoms with E-state index < -0.39 is 0 Å². The molecular formula is C48H51N3. The van der Waals surface area contributed by atoms with Gasteiger partial charge >= 0.3 is 0 Å². The fourth-order valence-electron chi connectivity index (χ4n) is 7.97. The number of hydrogen-bond acceptors (Lipinski definition) is 2. The molecule has 0 radical (unpaired) electrons. The van der Waals surface area contributed by atoms with Gasteiger partial charge in [-0.15, -0.1) is 0 Å². The van der Waals surface area contributed by atoms with Crippen molar-refractivity contribution in [3.05, 3.63) is 152 Å². The van der Waals surface area contributed by atoms with E-state index in [4.69, 9.17) is 0 Å². The Bertz CT molecular complexity index is 2220. The number of benzene rings is 6. The molecule has 0 aliphatic carbocycles. The Kier molecular flexibility index (Phi) is 8.58. The predicted octanol–water partition coefficient (Wildman–Crippen LogP) is 14.0. The van der Waals surface area contributed by atoms with Crippen LogP contribution in [0.5, 0.6) is 0 Å². The molecule has 1 aromatic heterocycles. The first-order valence-corrected chi connectivity index (χ1v) is 18.2. The molecule has 0 unspecified atom stereocenters. The van der Waals surface area contributed by atoms with Crippen LogP contribution in [0.1, 0.15) is 66.8 Å². The first-order valence-electron chi connectivity index (χ1n) is 18.2. The highest BCUT2D eigenvalue weighted by atomic mass is 15.2. The van der Waals surface area contributed by atoms with Crippen LogP contribution in [0.2, 0.25) is 0 Å². The molecule has 0 saturated carbocycles. The van der Waals surface area contributed by atoms with Gasteiger partial charge in [-0.25, -0.2) is 0 Å². The molecule has 3 nitrogen and oxygen atoms in total. The summed E-state index contributed by atoms with van der Waals surface area (Å²) in [5.74, 6) is 0. The van der Waals surface area contributed by atoms with Crippen molar-refractivity contribution in [2.45, 2.75) is 83.1 Å². The Balaban J connectivity index is 1.50. The van der Waals surface area contributed by atoms with Gasteiger partial charge in [0.2, 0.25) is 0 Å². The zero-order chi connectivity index (χ0) is 36.5. The van der Waals surface area contributed by atoms with Crippen molar-refractivity contribution in [1.82, 2.24) is 4.98 Å². The van der Waals surface area contributed by atoms with E-state index in [2.05, 4.69) is 183 Å². The third-order valence-electron chi connectivity index (χ3n) is 11.2. The fourth-order valence-corrected chi connectivity index (χ4v) is 7.97. The Morgan fingerprint density at radius 2 is 0.608 bits per heavy atom. The normalized spacial score (nSPS) is 11.5. The monoisotopic (exact) mass is 669 g/mol. The van der Waals surface area contributed by atoms with Gasteiger partial charge in [-0.05, 0) is 211 Å². The van der Waals surface area contributed by atoms with Gasteiger partial charge in [0.25, 0.3) is 0 Å².